The third-order valence-corrected chi connectivity index (χ3v) is 8.97. The molecule has 0 aromatic heterocycles. The second-order valence-corrected chi connectivity index (χ2v) is 13.7. The molecule has 0 unspecified atom stereocenters. The number of hydrogen-bond acceptors (Lipinski definition) is 6. The summed E-state index contributed by atoms with van der Waals surface area (Å²) in [6.45, 7) is 8.70. The largest absolute Gasteiger partial charge is 0.461 e. The van der Waals surface area contributed by atoms with Gasteiger partial charge in [0.1, 0.15) is 13.2 Å². The second kappa shape index (κ2) is 36.1. The molecule has 6 nitrogen and oxygen atoms in total. The molecule has 0 aromatic rings. The van der Waals surface area contributed by atoms with Crippen molar-refractivity contribution in [3.8, 4) is 0 Å². The standard InChI is InChI=1S/C39H71NO5S/c1-4-7-9-11-13-15-17-19-21-29-35-45-39(43)31-25-23-27-33-40(37(41)36-46-6-3)32-26-22-24-30-38(42)44-34-28-20-18-16-14-12-10-8-5-2/h20-21,28-29H,4-19,22-27,30-36H2,1-3H3/b28-20-,29-21-. The highest BCUT2D eigenvalue weighted by Gasteiger charge is 2.13. The quantitative estimate of drug-likeness (QED) is 0.0387. The zero-order valence-corrected chi connectivity index (χ0v) is 31.0. The van der Waals surface area contributed by atoms with E-state index in [1.807, 2.05) is 17.1 Å². The van der Waals surface area contributed by atoms with Gasteiger partial charge in [-0.1, -0.05) is 129 Å². The zero-order chi connectivity index (χ0) is 33.8. The summed E-state index contributed by atoms with van der Waals surface area (Å²) in [5, 5.41) is 0. The van der Waals surface area contributed by atoms with Gasteiger partial charge in [0.15, 0.2) is 0 Å². The number of ether oxygens (including phenoxy) is 2. The smallest absolute Gasteiger partial charge is 0.306 e. The van der Waals surface area contributed by atoms with Crippen LogP contribution in [0.3, 0.4) is 0 Å². The molecule has 0 aliphatic carbocycles. The van der Waals surface area contributed by atoms with E-state index < -0.39 is 0 Å². The molecule has 0 aliphatic heterocycles. The van der Waals surface area contributed by atoms with E-state index in [1.165, 1.54) is 83.5 Å². The summed E-state index contributed by atoms with van der Waals surface area (Å²) in [7, 11) is 0. The number of esters is 2. The molecule has 0 aromatic carbocycles. The minimum atomic E-state index is -0.144. The summed E-state index contributed by atoms with van der Waals surface area (Å²) >= 11 is 1.65. The van der Waals surface area contributed by atoms with Gasteiger partial charge < -0.3 is 14.4 Å². The monoisotopic (exact) mass is 666 g/mol. The number of nitrogens with zero attached hydrogens (tertiary/aromatic N) is 1. The van der Waals surface area contributed by atoms with Crippen LogP contribution in [-0.2, 0) is 23.9 Å². The molecule has 0 saturated heterocycles. The molecule has 0 heterocycles. The average molecular weight is 666 g/mol. The molecule has 0 saturated carbocycles. The van der Waals surface area contributed by atoms with Crippen molar-refractivity contribution < 1.29 is 23.9 Å². The Balaban J connectivity index is 3.97. The number of carbonyl (C=O) groups excluding carboxylic acids is 3. The van der Waals surface area contributed by atoms with Crippen molar-refractivity contribution in [2.24, 2.45) is 0 Å². The lowest BCUT2D eigenvalue weighted by Gasteiger charge is -2.22. The minimum Gasteiger partial charge on any atom is -0.461 e. The van der Waals surface area contributed by atoms with Crippen molar-refractivity contribution in [3.63, 3.8) is 0 Å². The Morgan fingerprint density at radius 1 is 0.522 bits per heavy atom. The molecule has 0 aliphatic rings. The van der Waals surface area contributed by atoms with E-state index >= 15 is 0 Å². The Morgan fingerprint density at radius 3 is 1.37 bits per heavy atom. The van der Waals surface area contributed by atoms with Crippen molar-refractivity contribution in [2.75, 3.05) is 37.8 Å². The van der Waals surface area contributed by atoms with Gasteiger partial charge in [-0.15, -0.1) is 0 Å². The third-order valence-electron chi connectivity index (χ3n) is 8.11. The Bertz CT molecular complexity index is 769. The Hall–Kier alpha value is -1.76. The van der Waals surface area contributed by atoms with E-state index in [-0.39, 0.29) is 17.8 Å². The van der Waals surface area contributed by atoms with E-state index in [4.69, 9.17) is 9.47 Å². The van der Waals surface area contributed by atoms with Crippen LogP contribution in [0.15, 0.2) is 24.3 Å². The second-order valence-electron chi connectivity index (χ2n) is 12.4. The normalized spacial score (nSPS) is 11.5. The summed E-state index contributed by atoms with van der Waals surface area (Å²) in [6.07, 6.45) is 33.2. The van der Waals surface area contributed by atoms with Gasteiger partial charge in [-0.05, 0) is 57.1 Å². The lowest BCUT2D eigenvalue weighted by Crippen LogP contribution is -2.34. The first-order chi connectivity index (χ1) is 22.5. The van der Waals surface area contributed by atoms with E-state index in [2.05, 4.69) is 32.9 Å². The van der Waals surface area contributed by atoms with Gasteiger partial charge in [0, 0.05) is 25.9 Å². The molecule has 0 N–H and O–H groups in total. The molecular formula is C39H71NO5S. The Kier molecular flexibility index (Phi) is 34.7. The summed E-state index contributed by atoms with van der Waals surface area (Å²) in [5.74, 6) is 1.33. The topological polar surface area (TPSA) is 72.9 Å². The lowest BCUT2D eigenvalue weighted by molar-refractivity contribution is -0.143. The molecule has 1 amide bonds. The van der Waals surface area contributed by atoms with Crippen LogP contribution in [0.25, 0.3) is 0 Å². The highest BCUT2D eigenvalue weighted by molar-refractivity contribution is 7.99. The van der Waals surface area contributed by atoms with Crippen LogP contribution in [0.2, 0.25) is 0 Å². The van der Waals surface area contributed by atoms with Crippen molar-refractivity contribution in [3.05, 3.63) is 24.3 Å². The molecular weight excluding hydrogens is 594 g/mol. The van der Waals surface area contributed by atoms with E-state index in [1.54, 1.807) is 11.8 Å². The van der Waals surface area contributed by atoms with Crippen molar-refractivity contribution in [2.45, 2.75) is 168 Å². The highest BCUT2D eigenvalue weighted by atomic mass is 32.2. The van der Waals surface area contributed by atoms with Gasteiger partial charge in [0.2, 0.25) is 5.91 Å². The van der Waals surface area contributed by atoms with Crippen LogP contribution in [0.4, 0.5) is 0 Å². The van der Waals surface area contributed by atoms with Crippen LogP contribution < -0.4 is 0 Å². The van der Waals surface area contributed by atoms with Gasteiger partial charge >= 0.3 is 11.9 Å². The molecule has 0 rings (SSSR count). The van der Waals surface area contributed by atoms with E-state index in [0.717, 1.165) is 57.1 Å². The van der Waals surface area contributed by atoms with Crippen LogP contribution in [0, 0.1) is 0 Å². The highest BCUT2D eigenvalue weighted by Crippen LogP contribution is 2.11. The van der Waals surface area contributed by atoms with Crippen molar-refractivity contribution >= 4 is 29.6 Å². The third kappa shape index (κ3) is 32.2. The Labute approximate surface area is 288 Å². The molecule has 0 atom stereocenters. The van der Waals surface area contributed by atoms with Crippen LogP contribution in [-0.4, -0.2) is 60.6 Å². The number of allylic oxidation sites excluding steroid dienone is 2. The fourth-order valence-electron chi connectivity index (χ4n) is 5.20. The van der Waals surface area contributed by atoms with Crippen molar-refractivity contribution in [1.82, 2.24) is 4.90 Å². The maximum Gasteiger partial charge on any atom is 0.306 e. The van der Waals surface area contributed by atoms with Gasteiger partial charge in [0.25, 0.3) is 0 Å². The number of rotatable bonds is 34. The summed E-state index contributed by atoms with van der Waals surface area (Å²) in [6, 6.07) is 0. The van der Waals surface area contributed by atoms with Crippen LogP contribution in [0.1, 0.15) is 168 Å². The minimum absolute atomic E-state index is 0.143. The predicted molar refractivity (Wildman–Crippen MR) is 197 cm³/mol. The first-order valence-electron chi connectivity index (χ1n) is 19.0. The SMILES string of the molecule is CCCCCCCC/C=C\COC(=O)CCCCCN(CCCCCC(=O)OC/C=C\CCCCCCCCC)C(=O)CSCC. The van der Waals surface area contributed by atoms with E-state index in [9.17, 15) is 14.4 Å². The molecule has 0 spiro atoms. The van der Waals surface area contributed by atoms with E-state index in [0.29, 0.717) is 44.9 Å². The summed E-state index contributed by atoms with van der Waals surface area (Å²) in [5.41, 5.74) is 0. The maximum atomic E-state index is 12.7. The summed E-state index contributed by atoms with van der Waals surface area (Å²) in [4.78, 5) is 38.8. The van der Waals surface area contributed by atoms with Crippen molar-refractivity contribution in [1.29, 1.82) is 0 Å². The van der Waals surface area contributed by atoms with Gasteiger partial charge in [-0.2, -0.15) is 11.8 Å². The molecule has 7 heteroatoms. The molecule has 0 fully saturated rings. The lowest BCUT2D eigenvalue weighted by atomic mass is 10.1. The average Bonchev–Trinajstić information content (AvgIpc) is 3.05. The van der Waals surface area contributed by atoms with Crippen LogP contribution in [0.5, 0.6) is 0 Å². The number of carbonyl (C=O) groups is 3. The predicted octanol–water partition coefficient (Wildman–Crippen LogP) is 10.8. The maximum absolute atomic E-state index is 12.7. The first kappa shape index (κ1) is 44.2. The molecule has 268 valence electrons. The van der Waals surface area contributed by atoms with Crippen LogP contribution >= 0.6 is 11.8 Å². The van der Waals surface area contributed by atoms with Gasteiger partial charge in [-0.3, -0.25) is 14.4 Å². The Morgan fingerprint density at radius 2 is 0.935 bits per heavy atom. The number of thioether (sulfide) groups is 1. The fraction of sp³-hybridized carbons (Fsp3) is 0.821. The number of amides is 1. The zero-order valence-electron chi connectivity index (χ0n) is 30.2. The molecule has 46 heavy (non-hydrogen) atoms. The summed E-state index contributed by atoms with van der Waals surface area (Å²) < 4.78 is 10.7. The van der Waals surface area contributed by atoms with Gasteiger partial charge in [0.05, 0.1) is 5.75 Å². The number of unbranched alkanes of at least 4 members (excludes halogenated alkanes) is 17. The molecule has 0 radical (unpaired) electrons. The molecule has 0 bridgehead atoms. The first-order valence-corrected chi connectivity index (χ1v) is 20.2. The fourth-order valence-corrected chi connectivity index (χ4v) is 5.76. The van der Waals surface area contributed by atoms with Gasteiger partial charge in [-0.25, -0.2) is 0 Å². The number of hydrogen-bond donors (Lipinski definition) is 0.